The van der Waals surface area contributed by atoms with Gasteiger partial charge in [0.1, 0.15) is 0 Å². The minimum absolute atomic E-state index is 0. The van der Waals surface area contributed by atoms with Crippen molar-refractivity contribution in [1.82, 2.24) is 10.6 Å². The number of methoxy groups -OCH3 is 1. The van der Waals surface area contributed by atoms with Crippen LogP contribution >= 0.6 is 12.4 Å². The number of morpholine rings is 1. The molecule has 1 fully saturated rings. The molecule has 17 heavy (non-hydrogen) atoms. The predicted molar refractivity (Wildman–Crippen MR) is 68.6 cm³/mol. The van der Waals surface area contributed by atoms with Crippen molar-refractivity contribution in [2.75, 3.05) is 33.4 Å². The van der Waals surface area contributed by atoms with E-state index < -0.39 is 0 Å². The van der Waals surface area contributed by atoms with Crippen molar-refractivity contribution in [2.45, 2.75) is 32.0 Å². The summed E-state index contributed by atoms with van der Waals surface area (Å²) in [4.78, 5) is 11.6. The Balaban J connectivity index is 0.00000256. The van der Waals surface area contributed by atoms with E-state index in [4.69, 9.17) is 9.47 Å². The van der Waals surface area contributed by atoms with Crippen LogP contribution in [-0.4, -0.2) is 51.0 Å². The summed E-state index contributed by atoms with van der Waals surface area (Å²) < 4.78 is 10.7. The second kappa shape index (κ2) is 7.87. The molecule has 1 heterocycles. The first-order valence-corrected chi connectivity index (χ1v) is 5.68. The summed E-state index contributed by atoms with van der Waals surface area (Å²) in [6, 6.07) is 0. The Bertz CT molecular complexity index is 231. The van der Waals surface area contributed by atoms with Crippen LogP contribution in [0.2, 0.25) is 0 Å². The second-order valence-corrected chi connectivity index (χ2v) is 4.64. The van der Waals surface area contributed by atoms with Crippen LogP contribution in [0.1, 0.15) is 20.3 Å². The third-order valence-electron chi connectivity index (χ3n) is 2.68. The number of hydrogen-bond acceptors (Lipinski definition) is 4. The molecule has 2 N–H and O–H groups in total. The van der Waals surface area contributed by atoms with Crippen LogP contribution in [-0.2, 0) is 14.3 Å². The first-order chi connectivity index (χ1) is 7.53. The highest BCUT2D eigenvalue weighted by Crippen LogP contribution is 2.06. The standard InChI is InChI=1S/C11H22N2O3.ClH/c1-11(2,15-3)8-13-10(14)6-9-7-12-4-5-16-9;/h9,12H,4-8H2,1-3H3,(H,13,14);1H. The summed E-state index contributed by atoms with van der Waals surface area (Å²) in [5, 5.41) is 6.04. The number of hydrogen-bond donors (Lipinski definition) is 2. The molecule has 0 bridgehead atoms. The highest BCUT2D eigenvalue weighted by molar-refractivity contribution is 5.85. The van der Waals surface area contributed by atoms with Gasteiger partial charge in [-0.05, 0) is 13.8 Å². The van der Waals surface area contributed by atoms with Gasteiger partial charge in [-0.25, -0.2) is 0 Å². The van der Waals surface area contributed by atoms with Gasteiger partial charge in [0.15, 0.2) is 0 Å². The van der Waals surface area contributed by atoms with Crippen LogP contribution in [0, 0.1) is 0 Å². The molecule has 1 saturated heterocycles. The first-order valence-electron chi connectivity index (χ1n) is 5.68. The van der Waals surface area contributed by atoms with Crippen molar-refractivity contribution in [2.24, 2.45) is 0 Å². The Hall–Kier alpha value is -0.360. The SMILES string of the molecule is COC(C)(C)CNC(=O)CC1CNCCO1.Cl. The van der Waals surface area contributed by atoms with E-state index in [1.807, 2.05) is 13.8 Å². The lowest BCUT2D eigenvalue weighted by Gasteiger charge is -2.25. The van der Waals surface area contributed by atoms with E-state index in [1.165, 1.54) is 0 Å². The Kier molecular flexibility index (Phi) is 7.70. The van der Waals surface area contributed by atoms with Crippen LogP contribution in [0.15, 0.2) is 0 Å². The van der Waals surface area contributed by atoms with Gasteiger partial charge in [-0.3, -0.25) is 4.79 Å². The third-order valence-corrected chi connectivity index (χ3v) is 2.68. The smallest absolute Gasteiger partial charge is 0.222 e. The fourth-order valence-electron chi connectivity index (χ4n) is 1.41. The van der Waals surface area contributed by atoms with Crippen molar-refractivity contribution in [1.29, 1.82) is 0 Å². The zero-order chi connectivity index (χ0) is 12.0. The van der Waals surface area contributed by atoms with Crippen LogP contribution < -0.4 is 10.6 Å². The minimum atomic E-state index is -0.318. The van der Waals surface area contributed by atoms with Crippen molar-refractivity contribution >= 4 is 18.3 Å². The molecule has 1 aliphatic rings. The van der Waals surface area contributed by atoms with E-state index in [2.05, 4.69) is 10.6 Å². The number of amides is 1. The number of rotatable bonds is 5. The van der Waals surface area contributed by atoms with E-state index in [1.54, 1.807) is 7.11 Å². The monoisotopic (exact) mass is 266 g/mol. The van der Waals surface area contributed by atoms with E-state index in [-0.39, 0.29) is 30.0 Å². The van der Waals surface area contributed by atoms with Crippen LogP contribution in [0.25, 0.3) is 0 Å². The zero-order valence-electron chi connectivity index (χ0n) is 10.7. The van der Waals surface area contributed by atoms with Gasteiger partial charge in [0, 0.05) is 26.7 Å². The summed E-state index contributed by atoms with van der Waals surface area (Å²) in [5.74, 6) is 0.0128. The van der Waals surface area contributed by atoms with Gasteiger partial charge in [-0.1, -0.05) is 0 Å². The van der Waals surface area contributed by atoms with Crippen molar-refractivity contribution in [3.05, 3.63) is 0 Å². The van der Waals surface area contributed by atoms with Crippen LogP contribution in [0.5, 0.6) is 0 Å². The van der Waals surface area contributed by atoms with Gasteiger partial charge in [0.05, 0.1) is 24.7 Å². The minimum Gasteiger partial charge on any atom is -0.377 e. The molecule has 0 saturated carbocycles. The molecule has 0 spiro atoms. The molecule has 1 amide bonds. The van der Waals surface area contributed by atoms with Gasteiger partial charge >= 0.3 is 0 Å². The van der Waals surface area contributed by atoms with Gasteiger partial charge in [-0.15, -0.1) is 12.4 Å². The van der Waals surface area contributed by atoms with Crippen LogP contribution in [0.3, 0.4) is 0 Å². The fraction of sp³-hybridized carbons (Fsp3) is 0.909. The summed E-state index contributed by atoms with van der Waals surface area (Å²) in [5.41, 5.74) is -0.318. The zero-order valence-corrected chi connectivity index (χ0v) is 11.6. The maximum absolute atomic E-state index is 11.6. The average Bonchev–Trinajstić information content (AvgIpc) is 2.28. The molecule has 1 rings (SSSR count). The molecule has 0 radical (unpaired) electrons. The number of ether oxygens (including phenoxy) is 2. The van der Waals surface area contributed by atoms with E-state index >= 15 is 0 Å². The molecule has 102 valence electrons. The van der Waals surface area contributed by atoms with Crippen molar-refractivity contribution < 1.29 is 14.3 Å². The Morgan fingerprint density at radius 1 is 1.59 bits per heavy atom. The number of carbonyl (C=O) groups is 1. The predicted octanol–water partition coefficient (Wildman–Crippen LogP) is 0.328. The average molecular weight is 267 g/mol. The normalized spacial score (nSPS) is 20.5. The molecule has 1 aliphatic heterocycles. The maximum atomic E-state index is 11.6. The first kappa shape index (κ1) is 16.6. The summed E-state index contributed by atoms with van der Waals surface area (Å²) in [6.07, 6.45) is 0.409. The summed E-state index contributed by atoms with van der Waals surface area (Å²) in [7, 11) is 1.64. The molecule has 0 aromatic rings. The lowest BCUT2D eigenvalue weighted by Crippen LogP contribution is -2.44. The van der Waals surface area contributed by atoms with Gasteiger partial charge in [0.25, 0.3) is 0 Å². The Labute approximate surface area is 109 Å². The molecule has 5 nitrogen and oxygen atoms in total. The van der Waals surface area contributed by atoms with Gasteiger partial charge in [0.2, 0.25) is 5.91 Å². The van der Waals surface area contributed by atoms with E-state index in [0.717, 1.165) is 13.1 Å². The molecule has 1 atom stereocenters. The van der Waals surface area contributed by atoms with Gasteiger partial charge in [-0.2, -0.15) is 0 Å². The molecular formula is C11H23ClN2O3. The summed E-state index contributed by atoms with van der Waals surface area (Å²) >= 11 is 0. The van der Waals surface area contributed by atoms with Crippen molar-refractivity contribution in [3.8, 4) is 0 Å². The number of carbonyl (C=O) groups excluding carboxylic acids is 1. The van der Waals surface area contributed by atoms with E-state index in [9.17, 15) is 4.79 Å². The molecule has 0 aliphatic carbocycles. The largest absolute Gasteiger partial charge is 0.377 e. The third kappa shape index (κ3) is 6.83. The topological polar surface area (TPSA) is 59.6 Å². The highest BCUT2D eigenvalue weighted by atomic mass is 35.5. The van der Waals surface area contributed by atoms with E-state index in [0.29, 0.717) is 19.6 Å². The Morgan fingerprint density at radius 3 is 2.82 bits per heavy atom. The molecular weight excluding hydrogens is 244 g/mol. The Morgan fingerprint density at radius 2 is 2.29 bits per heavy atom. The molecule has 1 unspecified atom stereocenters. The highest BCUT2D eigenvalue weighted by Gasteiger charge is 2.20. The lowest BCUT2D eigenvalue weighted by atomic mass is 10.1. The van der Waals surface area contributed by atoms with Crippen molar-refractivity contribution in [3.63, 3.8) is 0 Å². The fourth-order valence-corrected chi connectivity index (χ4v) is 1.41. The quantitative estimate of drug-likeness (QED) is 0.753. The molecule has 0 aromatic heterocycles. The lowest BCUT2D eigenvalue weighted by molar-refractivity contribution is -0.125. The number of halogens is 1. The van der Waals surface area contributed by atoms with Crippen LogP contribution in [0.4, 0.5) is 0 Å². The molecule has 6 heteroatoms. The molecule has 0 aromatic carbocycles. The summed E-state index contributed by atoms with van der Waals surface area (Å²) in [6.45, 7) is 6.69. The second-order valence-electron chi connectivity index (χ2n) is 4.64. The van der Waals surface area contributed by atoms with Gasteiger partial charge < -0.3 is 20.1 Å². The number of nitrogens with one attached hydrogen (secondary N) is 2. The maximum Gasteiger partial charge on any atom is 0.222 e.